The van der Waals surface area contributed by atoms with Crippen molar-refractivity contribution in [3.8, 4) is 5.75 Å². The van der Waals surface area contributed by atoms with E-state index in [2.05, 4.69) is 0 Å². The number of aliphatic carboxylic acids is 3. The molecule has 0 radical (unpaired) electrons. The number of benzene rings is 1. The molecule has 0 aliphatic carbocycles. The fraction of sp³-hybridized carbons (Fsp3) is 0.545. The summed E-state index contributed by atoms with van der Waals surface area (Å²) in [6.07, 6.45) is 0. The van der Waals surface area contributed by atoms with Crippen molar-refractivity contribution < 1.29 is 44.2 Å². The van der Waals surface area contributed by atoms with E-state index >= 15 is 0 Å². The molecule has 1 saturated heterocycles. The number of carboxylic acid groups (broad SMARTS) is 3. The van der Waals surface area contributed by atoms with E-state index in [1.54, 1.807) is 19.6 Å². The summed E-state index contributed by atoms with van der Waals surface area (Å²) in [5.41, 5.74) is -0.234. The Bertz CT molecular complexity index is 943. The molecule has 204 valence electrons. The molecule has 0 amide bonds. The number of nitro benzene ring substituents is 1. The smallest absolute Gasteiger partial charge is 0.325 e. The van der Waals surface area contributed by atoms with Gasteiger partial charge >= 0.3 is 23.9 Å². The van der Waals surface area contributed by atoms with E-state index in [1.807, 2.05) is 0 Å². The summed E-state index contributed by atoms with van der Waals surface area (Å²) in [4.78, 5) is 63.4. The van der Waals surface area contributed by atoms with Crippen molar-refractivity contribution >= 4 is 29.6 Å². The van der Waals surface area contributed by atoms with Crippen molar-refractivity contribution in [2.24, 2.45) is 0 Å². The first-order valence-corrected chi connectivity index (χ1v) is 11.5. The number of nitrogens with zero attached hydrogens (tertiary/aromatic N) is 5. The van der Waals surface area contributed by atoms with E-state index in [1.165, 1.54) is 18.2 Å². The summed E-state index contributed by atoms with van der Waals surface area (Å²) in [5.74, 6) is -3.83. The van der Waals surface area contributed by atoms with Crippen molar-refractivity contribution in [2.45, 2.75) is 0 Å². The Morgan fingerprint density at radius 1 is 0.730 bits per heavy atom. The second-order valence-corrected chi connectivity index (χ2v) is 8.51. The van der Waals surface area contributed by atoms with Crippen LogP contribution in [0.15, 0.2) is 24.3 Å². The molecule has 0 bridgehead atoms. The number of nitro groups is 1. The molecule has 1 aromatic rings. The van der Waals surface area contributed by atoms with Crippen LogP contribution in [0.2, 0.25) is 0 Å². The van der Waals surface area contributed by atoms with E-state index < -0.39 is 28.8 Å². The van der Waals surface area contributed by atoms with Gasteiger partial charge in [0.1, 0.15) is 5.75 Å². The van der Waals surface area contributed by atoms with Gasteiger partial charge in [0.2, 0.25) is 0 Å². The van der Waals surface area contributed by atoms with Crippen LogP contribution in [0.1, 0.15) is 0 Å². The van der Waals surface area contributed by atoms with Crippen molar-refractivity contribution in [3.63, 3.8) is 0 Å². The van der Waals surface area contributed by atoms with Gasteiger partial charge in [0.15, 0.2) is 0 Å². The fourth-order valence-electron chi connectivity index (χ4n) is 3.79. The monoisotopic (exact) mass is 525 g/mol. The summed E-state index contributed by atoms with van der Waals surface area (Å²) in [7, 11) is 0. The Labute approximate surface area is 212 Å². The molecule has 0 unspecified atom stereocenters. The zero-order valence-corrected chi connectivity index (χ0v) is 20.2. The average molecular weight is 526 g/mol. The molecule has 1 aliphatic rings. The molecule has 0 aromatic heterocycles. The van der Waals surface area contributed by atoms with Crippen molar-refractivity contribution in [1.82, 2.24) is 19.6 Å². The Balaban J connectivity index is 2.14. The van der Waals surface area contributed by atoms with Gasteiger partial charge in [-0.15, -0.1) is 0 Å². The summed E-state index contributed by atoms with van der Waals surface area (Å²) in [6.45, 7) is 0.976. The SMILES string of the molecule is O=C(O)CN1CCN(CC(=O)O)CCN(CC(=O)Oc2cccc([N+](=O)[O-])c2)CCN(CC(=O)O)CC1. The third kappa shape index (κ3) is 11.7. The molecule has 0 atom stereocenters. The lowest BCUT2D eigenvalue weighted by Crippen LogP contribution is -2.49. The number of carbonyl (C=O) groups is 4. The lowest BCUT2D eigenvalue weighted by Gasteiger charge is -2.32. The molecular weight excluding hydrogens is 494 g/mol. The Morgan fingerprint density at radius 2 is 1.11 bits per heavy atom. The van der Waals surface area contributed by atoms with Crippen LogP contribution in [-0.4, -0.2) is 142 Å². The summed E-state index contributed by atoms with van der Waals surface area (Å²) >= 11 is 0. The first-order valence-electron chi connectivity index (χ1n) is 11.5. The second-order valence-electron chi connectivity index (χ2n) is 8.51. The van der Waals surface area contributed by atoms with E-state index in [0.717, 1.165) is 6.07 Å². The number of carboxylic acids is 3. The van der Waals surface area contributed by atoms with E-state index in [9.17, 15) is 44.6 Å². The average Bonchev–Trinajstić information content (AvgIpc) is 2.79. The van der Waals surface area contributed by atoms with Crippen LogP contribution in [0.4, 0.5) is 5.69 Å². The molecule has 15 nitrogen and oxygen atoms in total. The number of hydrogen-bond acceptors (Lipinski definition) is 11. The largest absolute Gasteiger partial charge is 0.480 e. The molecule has 0 saturated carbocycles. The van der Waals surface area contributed by atoms with Crippen molar-refractivity contribution in [1.29, 1.82) is 0 Å². The molecule has 1 aliphatic heterocycles. The van der Waals surface area contributed by atoms with E-state index in [-0.39, 0.29) is 90.0 Å². The van der Waals surface area contributed by atoms with Crippen LogP contribution in [0.5, 0.6) is 5.75 Å². The molecule has 3 N–H and O–H groups in total. The van der Waals surface area contributed by atoms with Gasteiger partial charge in [-0.3, -0.25) is 48.9 Å². The van der Waals surface area contributed by atoms with Crippen LogP contribution in [0.3, 0.4) is 0 Å². The van der Waals surface area contributed by atoms with E-state index in [0.29, 0.717) is 0 Å². The molecule has 1 heterocycles. The summed E-state index contributed by atoms with van der Waals surface area (Å²) in [6, 6.07) is 5.19. The van der Waals surface area contributed by atoms with E-state index in [4.69, 9.17) is 4.74 Å². The second kappa shape index (κ2) is 14.8. The maximum Gasteiger partial charge on any atom is 0.325 e. The van der Waals surface area contributed by atoms with Gasteiger partial charge in [0.05, 0.1) is 37.2 Å². The number of hydrogen-bond donors (Lipinski definition) is 3. The van der Waals surface area contributed by atoms with Gasteiger partial charge in [-0.1, -0.05) is 6.07 Å². The van der Waals surface area contributed by atoms with Gasteiger partial charge in [-0.2, -0.15) is 0 Å². The van der Waals surface area contributed by atoms with Crippen LogP contribution in [-0.2, 0) is 19.2 Å². The Hall–Kier alpha value is -3.66. The minimum absolute atomic E-state index is 0.00656. The highest BCUT2D eigenvalue weighted by atomic mass is 16.6. The third-order valence-corrected chi connectivity index (χ3v) is 5.62. The normalized spacial score (nSPS) is 17.3. The van der Waals surface area contributed by atoms with Crippen LogP contribution < -0.4 is 4.74 Å². The van der Waals surface area contributed by atoms with Crippen molar-refractivity contribution in [2.75, 3.05) is 78.5 Å². The number of ether oxygens (including phenoxy) is 1. The van der Waals surface area contributed by atoms with Gasteiger partial charge in [-0.05, 0) is 6.07 Å². The molecular formula is C22H31N5O10. The molecule has 1 fully saturated rings. The standard InChI is InChI=1S/C22H31N5O10/c28-19(29)13-23-4-6-24(14-20(30)31)8-10-26(11-9-25(7-5-23)15-21(32)33)16-22(34)37-18-3-1-2-17(12-18)27(35)36/h1-3,12H,4-11,13-16H2,(H,28,29)(H,30,31)(H,32,33). The van der Waals surface area contributed by atoms with Gasteiger partial charge in [-0.25, -0.2) is 0 Å². The Morgan fingerprint density at radius 3 is 1.46 bits per heavy atom. The first-order chi connectivity index (χ1) is 17.5. The van der Waals surface area contributed by atoms with Crippen molar-refractivity contribution in [3.05, 3.63) is 34.4 Å². The minimum Gasteiger partial charge on any atom is -0.480 e. The summed E-state index contributed by atoms with van der Waals surface area (Å²) in [5, 5.41) is 38.7. The fourth-order valence-corrected chi connectivity index (χ4v) is 3.79. The predicted octanol–water partition coefficient (Wildman–Crippen LogP) is -1.02. The zero-order valence-electron chi connectivity index (χ0n) is 20.2. The minimum atomic E-state index is -1.05. The molecule has 2 rings (SSSR count). The Kier molecular flexibility index (Phi) is 11.8. The zero-order chi connectivity index (χ0) is 27.4. The molecule has 1 aromatic carbocycles. The van der Waals surface area contributed by atoms with Gasteiger partial charge in [0.25, 0.3) is 5.69 Å². The number of esters is 1. The topological polar surface area (TPSA) is 194 Å². The quantitative estimate of drug-likeness (QED) is 0.145. The maximum absolute atomic E-state index is 12.6. The highest BCUT2D eigenvalue weighted by Gasteiger charge is 2.21. The number of rotatable bonds is 10. The highest BCUT2D eigenvalue weighted by molar-refractivity contribution is 5.74. The summed E-state index contributed by atoms with van der Waals surface area (Å²) < 4.78 is 5.25. The third-order valence-electron chi connectivity index (χ3n) is 5.62. The van der Waals surface area contributed by atoms with Crippen LogP contribution >= 0.6 is 0 Å². The predicted molar refractivity (Wildman–Crippen MR) is 127 cm³/mol. The number of carbonyl (C=O) groups excluding carboxylic acids is 1. The van der Waals surface area contributed by atoms with Gasteiger partial charge < -0.3 is 20.1 Å². The highest BCUT2D eigenvalue weighted by Crippen LogP contribution is 2.19. The lowest BCUT2D eigenvalue weighted by atomic mass is 10.3. The van der Waals surface area contributed by atoms with Gasteiger partial charge in [0, 0.05) is 58.4 Å². The number of non-ortho nitro benzene ring substituents is 1. The van der Waals surface area contributed by atoms with Crippen LogP contribution in [0, 0.1) is 10.1 Å². The lowest BCUT2D eigenvalue weighted by molar-refractivity contribution is -0.384. The first kappa shape index (κ1) is 29.6. The van der Waals surface area contributed by atoms with Crippen LogP contribution in [0.25, 0.3) is 0 Å². The molecule has 0 spiro atoms. The molecule has 37 heavy (non-hydrogen) atoms. The maximum atomic E-state index is 12.6. The molecule has 15 heteroatoms.